The third-order valence-electron chi connectivity index (χ3n) is 4.18. The van der Waals surface area contributed by atoms with E-state index in [4.69, 9.17) is 0 Å². The maximum Gasteiger partial charge on any atom is 0.230 e. The minimum absolute atomic E-state index is 0.00700. The van der Waals surface area contributed by atoms with Gasteiger partial charge in [0, 0.05) is 33.4 Å². The van der Waals surface area contributed by atoms with Gasteiger partial charge in [0.05, 0.1) is 0 Å². The lowest BCUT2D eigenvalue weighted by atomic mass is 9.89. The number of carbonyl (C=O) groups excluding carboxylic acids is 1. The molecule has 1 atom stereocenters. The molecule has 2 rings (SSSR count). The average molecular weight is 343 g/mol. The Morgan fingerprint density at radius 2 is 1.62 bits per heavy atom. The summed E-state index contributed by atoms with van der Waals surface area (Å²) < 4.78 is 12.3. The van der Waals surface area contributed by atoms with Gasteiger partial charge in [0.25, 0.3) is 0 Å². The van der Waals surface area contributed by atoms with E-state index in [-0.39, 0.29) is 5.91 Å². The molecule has 128 valence electrons. The fourth-order valence-electron chi connectivity index (χ4n) is 2.20. The summed E-state index contributed by atoms with van der Waals surface area (Å²) in [5, 5.41) is 2.96. The Morgan fingerprint density at radius 3 is 2.29 bits per heavy atom. The van der Waals surface area contributed by atoms with Gasteiger partial charge in [-0.25, -0.2) is 0 Å². The highest BCUT2D eigenvalue weighted by molar-refractivity contribution is 7.83. The third kappa shape index (κ3) is 5.31. The van der Waals surface area contributed by atoms with Crippen molar-refractivity contribution in [3.8, 4) is 0 Å². The maximum absolute atomic E-state index is 12.3. The molecule has 0 saturated carbocycles. The highest BCUT2D eigenvalue weighted by atomic mass is 32.2. The van der Waals surface area contributed by atoms with E-state index >= 15 is 0 Å². The molecule has 0 bridgehead atoms. The van der Waals surface area contributed by atoms with Crippen molar-refractivity contribution in [3.05, 3.63) is 65.7 Å². The highest BCUT2D eigenvalue weighted by Crippen LogP contribution is 2.23. The molecule has 1 N–H and O–H groups in total. The summed E-state index contributed by atoms with van der Waals surface area (Å²) in [6.45, 7) is 5.87. The van der Waals surface area contributed by atoms with Crippen molar-refractivity contribution < 1.29 is 9.00 Å². The molecule has 0 aliphatic heterocycles. The summed E-state index contributed by atoms with van der Waals surface area (Å²) >= 11 is 0. The second-order valence-corrected chi connectivity index (χ2v) is 8.06. The number of carbonyl (C=O) groups is 1. The molecule has 2 aromatic carbocycles. The van der Waals surface area contributed by atoms with Crippen LogP contribution in [0.2, 0.25) is 0 Å². The van der Waals surface area contributed by atoms with Crippen LogP contribution >= 0.6 is 0 Å². The molecule has 2 aromatic rings. The normalized spacial score (nSPS) is 12.6. The first-order chi connectivity index (χ1) is 11.4. The van der Waals surface area contributed by atoms with Crippen LogP contribution < -0.4 is 5.32 Å². The van der Waals surface area contributed by atoms with Gasteiger partial charge in [0.1, 0.15) is 0 Å². The zero-order valence-corrected chi connectivity index (χ0v) is 15.4. The zero-order valence-electron chi connectivity index (χ0n) is 14.5. The van der Waals surface area contributed by atoms with Crippen LogP contribution in [0.25, 0.3) is 0 Å². The maximum atomic E-state index is 12.3. The van der Waals surface area contributed by atoms with Gasteiger partial charge in [-0.2, -0.15) is 0 Å². The van der Waals surface area contributed by atoms with Gasteiger partial charge in [0.15, 0.2) is 0 Å². The summed E-state index contributed by atoms with van der Waals surface area (Å²) in [4.78, 5) is 12.3. The number of amides is 1. The molecule has 0 fully saturated rings. The van der Waals surface area contributed by atoms with Crippen molar-refractivity contribution in [2.75, 3.05) is 5.32 Å². The minimum Gasteiger partial charge on any atom is -0.326 e. The number of nitrogens with one attached hydrogen (secondary N) is 1. The molecule has 0 aliphatic carbocycles. The van der Waals surface area contributed by atoms with E-state index in [1.165, 1.54) is 0 Å². The quantitative estimate of drug-likeness (QED) is 0.804. The molecule has 1 unspecified atom stereocenters. The summed E-state index contributed by atoms with van der Waals surface area (Å²) in [5.74, 6) is 1.03. The minimum atomic E-state index is -0.974. The van der Waals surface area contributed by atoms with Crippen molar-refractivity contribution in [2.45, 2.75) is 38.7 Å². The van der Waals surface area contributed by atoms with Gasteiger partial charge in [-0.1, -0.05) is 63.2 Å². The van der Waals surface area contributed by atoms with Crippen LogP contribution in [0.1, 0.15) is 38.3 Å². The molecule has 3 nitrogen and oxygen atoms in total. The first-order valence-electron chi connectivity index (χ1n) is 8.20. The lowest BCUT2D eigenvalue weighted by molar-refractivity contribution is -0.124. The van der Waals surface area contributed by atoms with Gasteiger partial charge in [0.2, 0.25) is 5.91 Å². The van der Waals surface area contributed by atoms with Crippen LogP contribution in [0.4, 0.5) is 5.69 Å². The highest BCUT2D eigenvalue weighted by Gasteiger charge is 2.25. The van der Waals surface area contributed by atoms with Gasteiger partial charge in [-0.15, -0.1) is 0 Å². The summed E-state index contributed by atoms with van der Waals surface area (Å²) in [5.41, 5.74) is 2.41. The molecule has 4 heteroatoms. The predicted octanol–water partition coefficient (Wildman–Crippen LogP) is 4.51. The fourth-order valence-corrected chi connectivity index (χ4v) is 3.41. The number of hydrogen-bond acceptors (Lipinski definition) is 2. The Balaban J connectivity index is 2.00. The molecular formula is C20H25NO2S. The average Bonchev–Trinajstić information content (AvgIpc) is 2.56. The molecule has 1 amide bonds. The molecule has 0 heterocycles. The summed E-state index contributed by atoms with van der Waals surface area (Å²) in [7, 11) is -0.974. The van der Waals surface area contributed by atoms with Gasteiger partial charge in [-0.05, 0) is 29.7 Å². The zero-order chi connectivity index (χ0) is 17.6. The van der Waals surface area contributed by atoms with E-state index < -0.39 is 16.2 Å². The monoisotopic (exact) mass is 343 g/mol. The molecular weight excluding hydrogens is 318 g/mol. The Labute approximate surface area is 146 Å². The largest absolute Gasteiger partial charge is 0.326 e. The van der Waals surface area contributed by atoms with Gasteiger partial charge >= 0.3 is 0 Å². The van der Waals surface area contributed by atoms with Crippen molar-refractivity contribution in [1.29, 1.82) is 0 Å². The van der Waals surface area contributed by atoms with Crippen LogP contribution in [0, 0.1) is 5.41 Å². The van der Waals surface area contributed by atoms with Crippen molar-refractivity contribution in [1.82, 2.24) is 0 Å². The van der Waals surface area contributed by atoms with Crippen LogP contribution in [-0.4, -0.2) is 10.1 Å². The van der Waals surface area contributed by atoms with Crippen molar-refractivity contribution >= 4 is 22.4 Å². The number of rotatable bonds is 7. The number of hydrogen-bond donors (Lipinski definition) is 1. The van der Waals surface area contributed by atoms with E-state index in [9.17, 15) is 9.00 Å². The van der Waals surface area contributed by atoms with Gasteiger partial charge in [-0.3, -0.25) is 9.00 Å². The topological polar surface area (TPSA) is 46.2 Å². The van der Waals surface area contributed by atoms with E-state index in [1.807, 2.05) is 75.4 Å². The van der Waals surface area contributed by atoms with Crippen LogP contribution in [0.5, 0.6) is 0 Å². The SMILES string of the molecule is CCC(C)(C)C(=O)Nc1cccc(CS(=O)Cc2ccccc2)c1. The summed E-state index contributed by atoms with van der Waals surface area (Å²) in [6, 6.07) is 17.5. The van der Waals surface area contributed by atoms with Crippen LogP contribution in [0.3, 0.4) is 0 Å². The predicted molar refractivity (Wildman–Crippen MR) is 101 cm³/mol. The number of benzene rings is 2. The Morgan fingerprint density at radius 1 is 1.00 bits per heavy atom. The molecule has 0 aliphatic rings. The fraction of sp³-hybridized carbons (Fsp3) is 0.350. The first kappa shape index (κ1) is 18.4. The van der Waals surface area contributed by atoms with Crippen molar-refractivity contribution in [3.63, 3.8) is 0 Å². The van der Waals surface area contributed by atoms with Gasteiger partial charge < -0.3 is 5.32 Å². The van der Waals surface area contributed by atoms with E-state index in [0.717, 1.165) is 23.2 Å². The standard InChI is InChI=1S/C20H25NO2S/c1-4-20(2,3)19(22)21-18-12-8-11-17(13-18)15-24(23)14-16-9-6-5-7-10-16/h5-13H,4,14-15H2,1-3H3,(H,21,22). The first-order valence-corrected chi connectivity index (χ1v) is 9.69. The lowest BCUT2D eigenvalue weighted by Crippen LogP contribution is -2.30. The Kier molecular flexibility index (Phi) is 6.32. The second-order valence-electron chi connectivity index (χ2n) is 6.61. The lowest BCUT2D eigenvalue weighted by Gasteiger charge is -2.21. The van der Waals surface area contributed by atoms with Crippen LogP contribution in [0.15, 0.2) is 54.6 Å². The molecule has 0 radical (unpaired) electrons. The molecule has 0 aromatic heterocycles. The van der Waals surface area contributed by atoms with E-state index in [2.05, 4.69) is 5.32 Å². The molecule has 24 heavy (non-hydrogen) atoms. The Bertz CT molecular complexity index is 711. The smallest absolute Gasteiger partial charge is 0.230 e. The second kappa shape index (κ2) is 8.25. The Hall–Kier alpha value is -1.94. The van der Waals surface area contributed by atoms with Crippen molar-refractivity contribution in [2.24, 2.45) is 5.41 Å². The molecule has 0 spiro atoms. The molecule has 0 saturated heterocycles. The van der Waals surface area contributed by atoms with E-state index in [1.54, 1.807) is 0 Å². The third-order valence-corrected chi connectivity index (χ3v) is 5.49. The van der Waals surface area contributed by atoms with E-state index in [0.29, 0.717) is 11.5 Å². The number of anilines is 1. The van der Waals surface area contributed by atoms with Crippen LogP contribution in [-0.2, 0) is 27.1 Å². The summed E-state index contributed by atoms with van der Waals surface area (Å²) in [6.07, 6.45) is 0.777.